The summed E-state index contributed by atoms with van der Waals surface area (Å²) < 4.78 is 10.7. The van der Waals surface area contributed by atoms with Crippen molar-refractivity contribution in [2.75, 3.05) is 11.9 Å². The average molecular weight is 454 g/mol. The lowest BCUT2D eigenvalue weighted by atomic mass is 10.0. The van der Waals surface area contributed by atoms with E-state index in [0.717, 1.165) is 16.1 Å². The first kappa shape index (κ1) is 23.3. The summed E-state index contributed by atoms with van der Waals surface area (Å²) in [6.07, 6.45) is 0.940. The summed E-state index contributed by atoms with van der Waals surface area (Å²) in [5, 5.41) is 8.52. The van der Waals surface area contributed by atoms with Crippen LogP contribution >= 0.6 is 11.3 Å². The van der Waals surface area contributed by atoms with Gasteiger partial charge in [0.25, 0.3) is 5.91 Å². The van der Waals surface area contributed by atoms with Crippen LogP contribution in [-0.4, -0.2) is 29.7 Å². The van der Waals surface area contributed by atoms with Crippen LogP contribution in [-0.2, 0) is 4.74 Å². The van der Waals surface area contributed by atoms with Crippen molar-refractivity contribution in [2.24, 2.45) is 0 Å². The number of thiazole rings is 1. The molecule has 0 aliphatic rings. The van der Waals surface area contributed by atoms with E-state index in [-0.39, 0.29) is 18.1 Å². The molecule has 0 saturated heterocycles. The maximum atomic E-state index is 13.1. The van der Waals surface area contributed by atoms with Gasteiger partial charge in [0.2, 0.25) is 0 Å². The van der Waals surface area contributed by atoms with Gasteiger partial charge in [-0.1, -0.05) is 18.2 Å². The Hall–Kier alpha value is -3.39. The molecule has 2 amide bonds. The predicted molar refractivity (Wildman–Crippen MR) is 126 cm³/mol. The largest absolute Gasteiger partial charge is 0.493 e. The summed E-state index contributed by atoms with van der Waals surface area (Å²) in [6.45, 7) is 7.71. The van der Waals surface area contributed by atoms with E-state index >= 15 is 0 Å². The quantitative estimate of drug-likeness (QED) is 0.460. The molecule has 0 aliphatic carbocycles. The highest BCUT2D eigenvalue weighted by molar-refractivity contribution is 7.13. The Balaban J connectivity index is 1.79. The number of amides is 2. The van der Waals surface area contributed by atoms with Crippen molar-refractivity contribution < 1.29 is 19.1 Å². The van der Waals surface area contributed by atoms with Gasteiger partial charge in [-0.25, -0.2) is 9.78 Å². The van der Waals surface area contributed by atoms with Crippen molar-refractivity contribution in [1.82, 2.24) is 10.3 Å². The predicted octanol–water partition coefficient (Wildman–Crippen LogP) is 5.66. The third-order valence-corrected chi connectivity index (χ3v) is 5.35. The van der Waals surface area contributed by atoms with Gasteiger partial charge in [0.1, 0.15) is 10.8 Å². The monoisotopic (exact) mass is 453 g/mol. The van der Waals surface area contributed by atoms with Gasteiger partial charge in [-0.3, -0.25) is 10.1 Å². The molecule has 1 heterocycles. The number of hydrogen-bond donors (Lipinski definition) is 2. The highest BCUT2D eigenvalue weighted by Crippen LogP contribution is 2.27. The summed E-state index contributed by atoms with van der Waals surface area (Å²) in [5.41, 5.74) is 2.74. The fourth-order valence-electron chi connectivity index (χ4n) is 3.09. The summed E-state index contributed by atoms with van der Waals surface area (Å²) in [6, 6.07) is 12.6. The molecule has 8 heteroatoms. The van der Waals surface area contributed by atoms with Crippen LogP contribution in [0.5, 0.6) is 5.75 Å². The molecule has 0 bridgehead atoms. The van der Waals surface area contributed by atoms with Crippen molar-refractivity contribution in [3.63, 3.8) is 0 Å². The van der Waals surface area contributed by atoms with E-state index in [9.17, 15) is 9.59 Å². The van der Waals surface area contributed by atoms with E-state index in [0.29, 0.717) is 23.6 Å². The second-order valence-electron chi connectivity index (χ2n) is 7.38. The van der Waals surface area contributed by atoms with Gasteiger partial charge in [0.05, 0.1) is 24.3 Å². The molecule has 1 atom stereocenters. The Morgan fingerprint density at radius 1 is 1.12 bits per heavy atom. The van der Waals surface area contributed by atoms with Gasteiger partial charge in [-0.2, -0.15) is 0 Å². The van der Waals surface area contributed by atoms with E-state index in [1.807, 2.05) is 43.5 Å². The maximum Gasteiger partial charge on any atom is 0.411 e. The molecule has 0 aliphatic heterocycles. The Morgan fingerprint density at radius 3 is 2.62 bits per heavy atom. The van der Waals surface area contributed by atoms with Gasteiger partial charge in [-0.15, -0.1) is 11.3 Å². The molecule has 3 rings (SSSR count). The molecule has 0 spiro atoms. The number of aromatic nitrogens is 1. The molecule has 0 saturated carbocycles. The van der Waals surface area contributed by atoms with E-state index < -0.39 is 6.09 Å². The fourth-order valence-corrected chi connectivity index (χ4v) is 3.73. The minimum atomic E-state index is -0.581. The van der Waals surface area contributed by atoms with Crippen LogP contribution in [0.2, 0.25) is 0 Å². The molecule has 0 radical (unpaired) electrons. The van der Waals surface area contributed by atoms with Crippen molar-refractivity contribution >= 4 is 29.0 Å². The molecular weight excluding hydrogens is 426 g/mol. The molecule has 1 unspecified atom stereocenters. The lowest BCUT2D eigenvalue weighted by Crippen LogP contribution is -2.27. The van der Waals surface area contributed by atoms with Gasteiger partial charge >= 0.3 is 6.09 Å². The van der Waals surface area contributed by atoms with Crippen LogP contribution in [0.25, 0.3) is 10.6 Å². The summed E-state index contributed by atoms with van der Waals surface area (Å²) in [7, 11) is 0. The number of carbonyl (C=O) groups is 2. The van der Waals surface area contributed by atoms with Crippen molar-refractivity contribution in [3.05, 3.63) is 65.2 Å². The number of hydrogen-bond acceptors (Lipinski definition) is 6. The first-order valence-corrected chi connectivity index (χ1v) is 11.3. The molecule has 32 heavy (non-hydrogen) atoms. The zero-order valence-corrected chi connectivity index (χ0v) is 19.4. The molecular formula is C24H27N3O4S. The number of nitrogens with zero attached hydrogens (tertiary/aromatic N) is 1. The summed E-state index contributed by atoms with van der Waals surface area (Å²) >= 11 is 1.56. The zero-order valence-electron chi connectivity index (χ0n) is 18.5. The molecule has 2 N–H and O–H groups in total. The molecule has 3 aromatic rings. The minimum absolute atomic E-state index is 0.249. The molecule has 7 nitrogen and oxygen atoms in total. The first-order chi connectivity index (χ1) is 15.4. The average Bonchev–Trinajstić information content (AvgIpc) is 3.29. The topological polar surface area (TPSA) is 89.5 Å². The maximum absolute atomic E-state index is 13.1. The second kappa shape index (κ2) is 10.8. The number of carbonyl (C=O) groups excluding carboxylic acids is 2. The molecule has 168 valence electrons. The van der Waals surface area contributed by atoms with Crippen LogP contribution in [0.3, 0.4) is 0 Å². The normalized spacial score (nSPS) is 11.7. The van der Waals surface area contributed by atoms with E-state index in [2.05, 4.69) is 15.6 Å². The standard InChI is InChI=1S/C24H27N3O4S/c1-5-30-21-10-9-19(27-24(29)31-15(2)3)14-20(21)22(28)26-16(4)17-7-6-8-18(13-17)23-25-11-12-32-23/h6-16H,5H2,1-4H3,(H,26,28)(H,27,29). The smallest absolute Gasteiger partial charge is 0.411 e. The van der Waals surface area contributed by atoms with Crippen molar-refractivity contribution in [1.29, 1.82) is 0 Å². The van der Waals surface area contributed by atoms with Crippen LogP contribution in [0.4, 0.5) is 10.5 Å². The highest BCUT2D eigenvalue weighted by Gasteiger charge is 2.18. The Bertz CT molecular complexity index is 1070. The minimum Gasteiger partial charge on any atom is -0.493 e. The van der Waals surface area contributed by atoms with Gasteiger partial charge in [0.15, 0.2) is 0 Å². The van der Waals surface area contributed by atoms with Crippen LogP contribution in [0.15, 0.2) is 54.0 Å². The van der Waals surface area contributed by atoms with Crippen LogP contribution in [0, 0.1) is 0 Å². The Labute approximate surface area is 191 Å². The number of nitrogens with one attached hydrogen (secondary N) is 2. The molecule has 0 fully saturated rings. The number of rotatable bonds is 8. The highest BCUT2D eigenvalue weighted by atomic mass is 32.1. The van der Waals surface area contributed by atoms with E-state index in [1.54, 1.807) is 49.6 Å². The van der Waals surface area contributed by atoms with E-state index in [1.165, 1.54) is 0 Å². The number of benzene rings is 2. The molecule has 1 aromatic heterocycles. The number of anilines is 1. The van der Waals surface area contributed by atoms with Gasteiger partial charge in [0, 0.05) is 22.8 Å². The Kier molecular flexibility index (Phi) is 7.83. The van der Waals surface area contributed by atoms with Gasteiger partial charge < -0.3 is 14.8 Å². The van der Waals surface area contributed by atoms with E-state index in [4.69, 9.17) is 9.47 Å². The fraction of sp³-hybridized carbons (Fsp3) is 0.292. The third-order valence-electron chi connectivity index (χ3n) is 4.53. The van der Waals surface area contributed by atoms with Crippen molar-refractivity contribution in [2.45, 2.75) is 39.8 Å². The number of ether oxygens (including phenoxy) is 2. The molecule has 2 aromatic carbocycles. The van der Waals surface area contributed by atoms with Crippen LogP contribution < -0.4 is 15.4 Å². The third kappa shape index (κ3) is 6.07. The van der Waals surface area contributed by atoms with Gasteiger partial charge in [-0.05, 0) is 57.5 Å². The second-order valence-corrected chi connectivity index (χ2v) is 8.28. The lowest BCUT2D eigenvalue weighted by molar-refractivity contribution is 0.0935. The SMILES string of the molecule is CCOc1ccc(NC(=O)OC(C)C)cc1C(=O)NC(C)c1cccc(-c2nccs2)c1. The summed E-state index contributed by atoms with van der Waals surface area (Å²) in [4.78, 5) is 29.4. The summed E-state index contributed by atoms with van der Waals surface area (Å²) in [5.74, 6) is 0.137. The zero-order chi connectivity index (χ0) is 23.1. The Morgan fingerprint density at radius 2 is 1.94 bits per heavy atom. The van der Waals surface area contributed by atoms with Crippen molar-refractivity contribution in [3.8, 4) is 16.3 Å². The lowest BCUT2D eigenvalue weighted by Gasteiger charge is -2.18. The van der Waals surface area contributed by atoms with Crippen LogP contribution in [0.1, 0.15) is 49.7 Å². The first-order valence-electron chi connectivity index (χ1n) is 10.4.